The Morgan fingerprint density at radius 1 is 1.56 bits per heavy atom. The molecule has 0 bridgehead atoms. The van der Waals surface area contributed by atoms with Crippen LogP contribution in [0.3, 0.4) is 0 Å². The average molecular weight is 222 g/mol. The second-order valence-corrected chi connectivity index (χ2v) is 3.39. The predicted octanol–water partition coefficient (Wildman–Crippen LogP) is 1.55. The predicted molar refractivity (Wildman–Crippen MR) is 57.5 cm³/mol. The maximum absolute atomic E-state index is 13.6. The van der Waals surface area contributed by atoms with Gasteiger partial charge < -0.3 is 15.5 Å². The summed E-state index contributed by atoms with van der Waals surface area (Å²) in [4.78, 5) is 14.1. The zero-order valence-electron chi connectivity index (χ0n) is 8.71. The Bertz CT molecular complexity index is 548. The van der Waals surface area contributed by atoms with Gasteiger partial charge in [-0.3, -0.25) is 0 Å². The molecule has 5 heteroatoms. The van der Waals surface area contributed by atoms with E-state index in [1.54, 1.807) is 12.3 Å². The first-order valence-electron chi connectivity index (χ1n) is 4.75. The molecule has 0 aliphatic rings. The zero-order valence-corrected chi connectivity index (χ0v) is 8.71. The molecule has 2 aromatic rings. The van der Waals surface area contributed by atoms with Gasteiger partial charge in [0.25, 0.3) is 0 Å². The standard InChI is InChI=1S/C11H11FN2O2/c1-16-11(15)6-2-8-7(4-13)5-14-10(8)9(12)3-6/h2-3,5,14H,4,13H2,1H3. The molecule has 84 valence electrons. The number of aromatic amines is 1. The number of halogens is 1. The van der Waals surface area contributed by atoms with E-state index in [0.29, 0.717) is 10.9 Å². The Morgan fingerprint density at radius 2 is 2.31 bits per heavy atom. The van der Waals surface area contributed by atoms with E-state index in [-0.39, 0.29) is 12.1 Å². The monoisotopic (exact) mass is 222 g/mol. The minimum atomic E-state index is -0.565. The first-order chi connectivity index (χ1) is 7.67. The lowest BCUT2D eigenvalue weighted by atomic mass is 10.1. The number of fused-ring (bicyclic) bond motifs is 1. The number of aromatic nitrogens is 1. The SMILES string of the molecule is COC(=O)c1cc(F)c2[nH]cc(CN)c2c1. The van der Waals surface area contributed by atoms with Gasteiger partial charge in [-0.05, 0) is 17.7 Å². The molecule has 0 amide bonds. The number of ether oxygens (including phenoxy) is 1. The molecule has 1 aromatic heterocycles. The molecule has 4 nitrogen and oxygen atoms in total. The van der Waals surface area contributed by atoms with Gasteiger partial charge in [-0.1, -0.05) is 0 Å². The lowest BCUT2D eigenvalue weighted by Crippen LogP contribution is -2.02. The van der Waals surface area contributed by atoms with Crippen molar-refractivity contribution in [1.82, 2.24) is 4.98 Å². The maximum atomic E-state index is 13.6. The summed E-state index contributed by atoms with van der Waals surface area (Å²) in [5.41, 5.74) is 6.81. The van der Waals surface area contributed by atoms with Gasteiger partial charge in [0, 0.05) is 18.1 Å². The Kier molecular flexibility index (Phi) is 2.62. The molecule has 2 rings (SSSR count). The van der Waals surface area contributed by atoms with Gasteiger partial charge in [-0.15, -0.1) is 0 Å². The first-order valence-corrected chi connectivity index (χ1v) is 4.75. The number of H-pyrrole nitrogens is 1. The summed E-state index contributed by atoms with van der Waals surface area (Å²) < 4.78 is 18.2. The highest BCUT2D eigenvalue weighted by molar-refractivity contribution is 5.95. The summed E-state index contributed by atoms with van der Waals surface area (Å²) >= 11 is 0. The van der Waals surface area contributed by atoms with Gasteiger partial charge >= 0.3 is 5.97 Å². The minimum Gasteiger partial charge on any atom is -0.465 e. The number of hydrogen-bond acceptors (Lipinski definition) is 3. The molecule has 0 aliphatic heterocycles. The van der Waals surface area contributed by atoms with Crippen LogP contribution in [-0.4, -0.2) is 18.1 Å². The van der Waals surface area contributed by atoms with E-state index >= 15 is 0 Å². The molecule has 0 radical (unpaired) electrons. The van der Waals surface area contributed by atoms with E-state index in [1.165, 1.54) is 7.11 Å². The fraction of sp³-hybridized carbons (Fsp3) is 0.182. The largest absolute Gasteiger partial charge is 0.465 e. The van der Waals surface area contributed by atoms with Crippen molar-refractivity contribution in [2.75, 3.05) is 7.11 Å². The Labute approximate surface area is 91.2 Å². The number of nitrogens with one attached hydrogen (secondary N) is 1. The summed E-state index contributed by atoms with van der Waals surface area (Å²) in [6, 6.07) is 2.72. The fourth-order valence-electron chi connectivity index (χ4n) is 1.65. The number of carbonyl (C=O) groups excluding carboxylic acids is 1. The van der Waals surface area contributed by atoms with Crippen LogP contribution in [0.2, 0.25) is 0 Å². The molecule has 0 fully saturated rings. The second-order valence-electron chi connectivity index (χ2n) is 3.39. The van der Waals surface area contributed by atoms with Crippen LogP contribution in [0.5, 0.6) is 0 Å². The first kappa shape index (κ1) is 10.6. The third kappa shape index (κ3) is 1.55. The molecule has 3 N–H and O–H groups in total. The topological polar surface area (TPSA) is 68.1 Å². The van der Waals surface area contributed by atoms with E-state index in [9.17, 15) is 9.18 Å². The average Bonchev–Trinajstić information content (AvgIpc) is 2.71. The van der Waals surface area contributed by atoms with E-state index in [4.69, 9.17) is 5.73 Å². The van der Waals surface area contributed by atoms with Gasteiger partial charge in [0.1, 0.15) is 5.82 Å². The van der Waals surface area contributed by atoms with Crippen LogP contribution in [0.25, 0.3) is 10.9 Å². The highest BCUT2D eigenvalue weighted by Gasteiger charge is 2.13. The van der Waals surface area contributed by atoms with Crippen molar-refractivity contribution in [3.63, 3.8) is 0 Å². The van der Waals surface area contributed by atoms with Crippen molar-refractivity contribution in [1.29, 1.82) is 0 Å². The normalized spacial score (nSPS) is 10.7. The maximum Gasteiger partial charge on any atom is 0.337 e. The summed E-state index contributed by atoms with van der Waals surface area (Å²) in [5, 5.41) is 0.614. The molecule has 0 saturated heterocycles. The Balaban J connectivity index is 2.68. The molecule has 0 saturated carbocycles. The zero-order chi connectivity index (χ0) is 11.7. The van der Waals surface area contributed by atoms with Crippen LogP contribution in [0.1, 0.15) is 15.9 Å². The molecular weight excluding hydrogens is 211 g/mol. The molecule has 1 heterocycles. The smallest absolute Gasteiger partial charge is 0.337 e. The fourth-order valence-corrected chi connectivity index (χ4v) is 1.65. The van der Waals surface area contributed by atoms with E-state index in [1.807, 2.05) is 0 Å². The Hall–Kier alpha value is -1.88. The highest BCUT2D eigenvalue weighted by atomic mass is 19.1. The van der Waals surface area contributed by atoms with Crippen LogP contribution >= 0.6 is 0 Å². The van der Waals surface area contributed by atoms with Gasteiger partial charge in [0.2, 0.25) is 0 Å². The molecule has 0 aliphatic carbocycles. The van der Waals surface area contributed by atoms with Gasteiger partial charge in [-0.2, -0.15) is 0 Å². The minimum absolute atomic E-state index is 0.182. The molecule has 0 atom stereocenters. The number of carbonyl (C=O) groups is 1. The van der Waals surface area contributed by atoms with Crippen molar-refractivity contribution in [2.45, 2.75) is 6.54 Å². The third-order valence-electron chi connectivity index (χ3n) is 2.47. The van der Waals surface area contributed by atoms with Gasteiger partial charge in [0.05, 0.1) is 18.2 Å². The van der Waals surface area contributed by atoms with Crippen molar-refractivity contribution in [3.05, 3.63) is 35.3 Å². The summed E-state index contributed by atoms with van der Waals surface area (Å²) in [6.07, 6.45) is 1.63. The number of benzene rings is 1. The summed E-state index contributed by atoms with van der Waals surface area (Å²) in [5.74, 6) is -1.05. The third-order valence-corrected chi connectivity index (χ3v) is 2.47. The number of methoxy groups -OCH3 is 1. The second kappa shape index (κ2) is 3.94. The van der Waals surface area contributed by atoms with E-state index in [0.717, 1.165) is 11.6 Å². The van der Waals surface area contributed by atoms with Crippen LogP contribution < -0.4 is 5.73 Å². The van der Waals surface area contributed by atoms with Gasteiger partial charge in [-0.25, -0.2) is 9.18 Å². The van der Waals surface area contributed by atoms with Crippen molar-refractivity contribution >= 4 is 16.9 Å². The van der Waals surface area contributed by atoms with Gasteiger partial charge in [0.15, 0.2) is 0 Å². The molecule has 0 unspecified atom stereocenters. The molecular formula is C11H11FN2O2. The van der Waals surface area contributed by atoms with Crippen LogP contribution in [0.15, 0.2) is 18.3 Å². The quantitative estimate of drug-likeness (QED) is 0.757. The van der Waals surface area contributed by atoms with Crippen LogP contribution in [-0.2, 0) is 11.3 Å². The van der Waals surface area contributed by atoms with Crippen LogP contribution in [0, 0.1) is 5.82 Å². The van der Waals surface area contributed by atoms with E-state index < -0.39 is 11.8 Å². The van der Waals surface area contributed by atoms with Crippen molar-refractivity contribution in [2.24, 2.45) is 5.73 Å². The molecule has 0 spiro atoms. The highest BCUT2D eigenvalue weighted by Crippen LogP contribution is 2.23. The lowest BCUT2D eigenvalue weighted by molar-refractivity contribution is 0.0600. The number of hydrogen-bond donors (Lipinski definition) is 2. The number of esters is 1. The summed E-state index contributed by atoms with van der Waals surface area (Å²) in [6.45, 7) is 0.282. The molecule has 16 heavy (non-hydrogen) atoms. The number of rotatable bonds is 2. The van der Waals surface area contributed by atoms with Crippen molar-refractivity contribution < 1.29 is 13.9 Å². The van der Waals surface area contributed by atoms with E-state index in [2.05, 4.69) is 9.72 Å². The lowest BCUT2D eigenvalue weighted by Gasteiger charge is -2.01. The summed E-state index contributed by atoms with van der Waals surface area (Å²) in [7, 11) is 1.26. The molecule has 1 aromatic carbocycles. The van der Waals surface area contributed by atoms with Crippen molar-refractivity contribution in [3.8, 4) is 0 Å². The Morgan fingerprint density at radius 3 is 2.94 bits per heavy atom. The van der Waals surface area contributed by atoms with Crippen LogP contribution in [0.4, 0.5) is 4.39 Å². The number of nitrogens with two attached hydrogens (primary N) is 1.